The lowest BCUT2D eigenvalue weighted by Gasteiger charge is -2.29. The Labute approximate surface area is 164 Å². The molecular weight excluding hydrogens is 362 g/mol. The number of aromatic nitrogens is 3. The molecule has 1 aliphatic carbocycles. The van der Waals surface area contributed by atoms with Gasteiger partial charge in [-0.3, -0.25) is 0 Å². The average Bonchev–Trinajstić information content (AvgIpc) is 3.09. The fourth-order valence-corrected chi connectivity index (χ4v) is 3.44. The van der Waals surface area contributed by atoms with Crippen molar-refractivity contribution in [1.29, 1.82) is 0 Å². The van der Waals surface area contributed by atoms with E-state index in [1.54, 1.807) is 10.7 Å². The lowest BCUT2D eigenvalue weighted by Crippen LogP contribution is -2.32. The van der Waals surface area contributed by atoms with Crippen molar-refractivity contribution in [1.82, 2.24) is 14.8 Å². The second-order valence-electron chi connectivity index (χ2n) is 7.78. The van der Waals surface area contributed by atoms with Gasteiger partial charge in [-0.05, 0) is 55.9 Å². The molecule has 0 saturated heterocycles. The van der Waals surface area contributed by atoms with E-state index < -0.39 is 12.0 Å². The Morgan fingerprint density at radius 1 is 1.39 bits per heavy atom. The highest BCUT2D eigenvalue weighted by atomic mass is 19.3. The predicted octanol–water partition coefficient (Wildman–Crippen LogP) is 4.81. The van der Waals surface area contributed by atoms with E-state index in [0.29, 0.717) is 30.9 Å². The molecule has 0 bridgehead atoms. The number of aliphatic hydroxyl groups is 1. The number of rotatable bonds is 7. The maximum atomic E-state index is 13.4. The van der Waals surface area contributed by atoms with Gasteiger partial charge in [-0.2, -0.15) is 5.10 Å². The summed E-state index contributed by atoms with van der Waals surface area (Å²) >= 11 is 0. The number of aryl methyl sites for hydroxylation is 1. The second-order valence-corrected chi connectivity index (χ2v) is 7.78. The van der Waals surface area contributed by atoms with Crippen molar-refractivity contribution in [2.24, 2.45) is 5.92 Å². The molecule has 2 aromatic rings. The molecular formula is C21H28F2N4O. The molecule has 0 spiro atoms. The quantitative estimate of drug-likeness (QED) is 0.666. The molecule has 2 N–H and O–H groups in total. The van der Waals surface area contributed by atoms with Crippen LogP contribution in [-0.4, -0.2) is 31.8 Å². The van der Waals surface area contributed by atoms with Gasteiger partial charge in [0.15, 0.2) is 5.82 Å². The summed E-state index contributed by atoms with van der Waals surface area (Å²) in [6.07, 6.45) is 4.04. The van der Waals surface area contributed by atoms with E-state index in [9.17, 15) is 13.9 Å². The van der Waals surface area contributed by atoms with Gasteiger partial charge in [-0.1, -0.05) is 13.0 Å². The van der Waals surface area contributed by atoms with Crippen molar-refractivity contribution in [2.45, 2.75) is 64.0 Å². The van der Waals surface area contributed by atoms with E-state index >= 15 is 0 Å². The Morgan fingerprint density at radius 3 is 2.71 bits per heavy atom. The van der Waals surface area contributed by atoms with Crippen LogP contribution < -0.4 is 5.32 Å². The van der Waals surface area contributed by atoms with Gasteiger partial charge < -0.3 is 10.4 Å². The molecule has 2 heterocycles. The van der Waals surface area contributed by atoms with Crippen LogP contribution in [0.15, 0.2) is 37.1 Å². The average molecular weight is 390 g/mol. The summed E-state index contributed by atoms with van der Waals surface area (Å²) in [4.78, 5) is 4.60. The molecule has 0 aliphatic heterocycles. The molecule has 2 unspecified atom stereocenters. The van der Waals surface area contributed by atoms with Crippen molar-refractivity contribution in [3.63, 3.8) is 0 Å². The summed E-state index contributed by atoms with van der Waals surface area (Å²) < 4.78 is 28.5. The van der Waals surface area contributed by atoms with Gasteiger partial charge in [-0.15, -0.1) is 6.58 Å². The molecule has 1 aliphatic rings. The van der Waals surface area contributed by atoms with Crippen LogP contribution in [0, 0.1) is 12.8 Å². The van der Waals surface area contributed by atoms with Crippen molar-refractivity contribution >= 4 is 5.82 Å². The van der Waals surface area contributed by atoms with Gasteiger partial charge in [0.25, 0.3) is 0 Å². The molecule has 3 rings (SSSR count). The Hall–Kier alpha value is -2.28. The number of pyridine rings is 1. The maximum absolute atomic E-state index is 13.4. The fraction of sp³-hybridized carbons (Fsp3) is 0.524. The van der Waals surface area contributed by atoms with Crippen LogP contribution in [0.1, 0.15) is 56.4 Å². The zero-order chi connectivity index (χ0) is 20.3. The van der Waals surface area contributed by atoms with E-state index in [2.05, 4.69) is 22.0 Å². The number of nitrogens with one attached hydrogen (secondary N) is 1. The van der Waals surface area contributed by atoms with Crippen LogP contribution in [0.4, 0.5) is 14.6 Å². The fourth-order valence-electron chi connectivity index (χ4n) is 3.44. The number of allylic oxidation sites excluding steroid dienone is 1. The van der Waals surface area contributed by atoms with E-state index in [0.717, 1.165) is 11.3 Å². The SMILES string of the molecule is C=CC(C)CC(O)c1cc(NC2CCC(F)(F)CC2)nc(-n2ccc(C)n2)c1. The topological polar surface area (TPSA) is 63.0 Å². The number of hydrogen-bond donors (Lipinski definition) is 2. The third-order valence-corrected chi connectivity index (χ3v) is 5.24. The van der Waals surface area contributed by atoms with Gasteiger partial charge in [-0.25, -0.2) is 18.4 Å². The summed E-state index contributed by atoms with van der Waals surface area (Å²) in [7, 11) is 0. The van der Waals surface area contributed by atoms with Gasteiger partial charge in [0.05, 0.1) is 11.8 Å². The summed E-state index contributed by atoms with van der Waals surface area (Å²) in [5.74, 6) is -1.25. The second kappa shape index (κ2) is 8.39. The number of alkyl halides is 2. The van der Waals surface area contributed by atoms with Crippen molar-refractivity contribution in [3.8, 4) is 5.82 Å². The van der Waals surface area contributed by atoms with E-state index in [4.69, 9.17) is 0 Å². The number of halogens is 2. The van der Waals surface area contributed by atoms with Crippen molar-refractivity contribution in [3.05, 3.63) is 48.3 Å². The summed E-state index contributed by atoms with van der Waals surface area (Å²) in [6.45, 7) is 7.66. The molecule has 2 aromatic heterocycles. The minimum absolute atomic E-state index is 0.0566. The predicted molar refractivity (Wildman–Crippen MR) is 106 cm³/mol. The van der Waals surface area contributed by atoms with Crippen LogP contribution in [0.25, 0.3) is 5.82 Å². The summed E-state index contributed by atoms with van der Waals surface area (Å²) in [6, 6.07) is 5.43. The third-order valence-electron chi connectivity index (χ3n) is 5.24. The first-order valence-corrected chi connectivity index (χ1v) is 9.75. The molecule has 0 radical (unpaired) electrons. The molecule has 1 saturated carbocycles. The minimum atomic E-state index is -2.57. The number of nitrogens with zero attached hydrogens (tertiary/aromatic N) is 3. The Bertz CT molecular complexity index is 810. The van der Waals surface area contributed by atoms with Crippen molar-refractivity contribution < 1.29 is 13.9 Å². The lowest BCUT2D eigenvalue weighted by molar-refractivity contribution is -0.0361. The van der Waals surface area contributed by atoms with Crippen LogP contribution in [0.2, 0.25) is 0 Å². The summed E-state index contributed by atoms with van der Waals surface area (Å²) in [5.41, 5.74) is 1.58. The highest BCUT2D eigenvalue weighted by Gasteiger charge is 2.35. The molecule has 7 heteroatoms. The van der Waals surface area contributed by atoms with E-state index in [-0.39, 0.29) is 24.8 Å². The molecule has 28 heavy (non-hydrogen) atoms. The molecule has 5 nitrogen and oxygen atoms in total. The highest BCUT2D eigenvalue weighted by molar-refractivity contribution is 5.45. The van der Waals surface area contributed by atoms with Crippen LogP contribution >= 0.6 is 0 Å². The smallest absolute Gasteiger partial charge is 0.248 e. The zero-order valence-corrected chi connectivity index (χ0v) is 16.4. The lowest BCUT2D eigenvalue weighted by atomic mass is 9.92. The first-order chi connectivity index (χ1) is 13.3. The van der Waals surface area contributed by atoms with Gasteiger partial charge in [0, 0.05) is 25.1 Å². The number of hydrogen-bond acceptors (Lipinski definition) is 4. The Morgan fingerprint density at radius 2 is 2.11 bits per heavy atom. The van der Waals surface area contributed by atoms with Crippen LogP contribution in [0.5, 0.6) is 0 Å². The molecule has 0 aromatic carbocycles. The minimum Gasteiger partial charge on any atom is -0.388 e. The van der Waals surface area contributed by atoms with E-state index in [1.807, 2.05) is 38.3 Å². The van der Waals surface area contributed by atoms with Crippen LogP contribution in [0.3, 0.4) is 0 Å². The molecule has 152 valence electrons. The third kappa shape index (κ3) is 5.16. The molecule has 1 fully saturated rings. The number of aliphatic hydroxyl groups excluding tert-OH is 1. The first kappa shape index (κ1) is 20.5. The van der Waals surface area contributed by atoms with Crippen LogP contribution in [-0.2, 0) is 0 Å². The van der Waals surface area contributed by atoms with E-state index in [1.165, 1.54) is 0 Å². The van der Waals surface area contributed by atoms with Crippen molar-refractivity contribution in [2.75, 3.05) is 5.32 Å². The van der Waals surface area contributed by atoms with Gasteiger partial charge >= 0.3 is 0 Å². The Kier molecular flexibility index (Phi) is 6.13. The molecule has 2 atom stereocenters. The van der Waals surface area contributed by atoms with Gasteiger partial charge in [0.1, 0.15) is 5.82 Å². The first-order valence-electron chi connectivity index (χ1n) is 9.75. The highest BCUT2D eigenvalue weighted by Crippen LogP contribution is 2.34. The monoisotopic (exact) mass is 390 g/mol. The van der Waals surface area contributed by atoms with Gasteiger partial charge in [0.2, 0.25) is 5.92 Å². The zero-order valence-electron chi connectivity index (χ0n) is 16.4. The summed E-state index contributed by atoms with van der Waals surface area (Å²) in [5, 5.41) is 18.3. The molecule has 0 amide bonds. The largest absolute Gasteiger partial charge is 0.388 e. The maximum Gasteiger partial charge on any atom is 0.248 e. The normalized spacial score (nSPS) is 19.2. The Balaban J connectivity index is 1.85. The standard InChI is InChI=1S/C21H28F2N4O/c1-4-14(2)11-18(28)16-12-19(24-17-5-8-21(22,23)9-6-17)25-20(13-16)27-10-7-15(3)26-27/h4,7,10,12-14,17-18,28H,1,5-6,8-9,11H2,2-3H3,(H,24,25). The number of anilines is 1.